The van der Waals surface area contributed by atoms with Gasteiger partial charge in [-0.05, 0) is 42.0 Å². The van der Waals surface area contributed by atoms with Gasteiger partial charge in [-0.3, -0.25) is 0 Å². The molecular formula is C19H26O. The smallest absolute Gasteiger partial charge is 0.115 e. The first-order valence-electron chi connectivity index (χ1n) is 7.27. The lowest BCUT2D eigenvalue weighted by molar-refractivity contribution is 0.470. The van der Waals surface area contributed by atoms with Gasteiger partial charge in [0.2, 0.25) is 0 Å². The molecule has 2 aromatic carbocycles. The Balaban J connectivity index is 0.000000240. The predicted molar refractivity (Wildman–Crippen MR) is 87.2 cm³/mol. The zero-order valence-electron chi connectivity index (χ0n) is 13.1. The number of hydrogen-bond donors (Lipinski definition) is 1. The first kappa shape index (κ1) is 16.3. The van der Waals surface area contributed by atoms with Gasteiger partial charge >= 0.3 is 0 Å². The maximum absolute atomic E-state index is 8.63. The Hall–Kier alpha value is -1.76. The quantitative estimate of drug-likeness (QED) is 0.784. The SMILES string of the molecule is CCCC(C)(C)c1ccccc1C.Oc1ccccc1. The fraction of sp³-hybridized carbons (Fsp3) is 0.368. The average molecular weight is 270 g/mol. The molecule has 0 saturated heterocycles. The molecule has 0 fully saturated rings. The van der Waals surface area contributed by atoms with Gasteiger partial charge in [-0.25, -0.2) is 0 Å². The van der Waals surface area contributed by atoms with Crippen molar-refractivity contribution >= 4 is 0 Å². The van der Waals surface area contributed by atoms with Crippen LogP contribution in [0.15, 0.2) is 54.6 Å². The van der Waals surface area contributed by atoms with Crippen molar-refractivity contribution in [2.45, 2.75) is 46.0 Å². The molecule has 0 heterocycles. The van der Waals surface area contributed by atoms with Crippen LogP contribution in [0.3, 0.4) is 0 Å². The van der Waals surface area contributed by atoms with E-state index in [0.29, 0.717) is 11.2 Å². The van der Waals surface area contributed by atoms with E-state index in [9.17, 15) is 0 Å². The van der Waals surface area contributed by atoms with Crippen molar-refractivity contribution in [3.63, 3.8) is 0 Å². The highest BCUT2D eigenvalue weighted by Gasteiger charge is 2.20. The van der Waals surface area contributed by atoms with Gasteiger partial charge in [-0.15, -0.1) is 0 Å². The number of rotatable bonds is 3. The van der Waals surface area contributed by atoms with Crippen LogP contribution in [-0.2, 0) is 5.41 Å². The van der Waals surface area contributed by atoms with E-state index in [1.54, 1.807) is 24.3 Å². The Kier molecular flexibility index (Phi) is 6.30. The molecule has 0 aliphatic rings. The standard InChI is InChI=1S/C13H20.C6H6O/c1-5-10-13(3,4)12-9-7-6-8-11(12)2;7-6-4-2-1-3-5-6/h6-9H,5,10H2,1-4H3;1-5,7H. The summed E-state index contributed by atoms with van der Waals surface area (Å²) in [5.41, 5.74) is 3.25. The highest BCUT2D eigenvalue weighted by atomic mass is 16.3. The van der Waals surface area contributed by atoms with Crippen molar-refractivity contribution < 1.29 is 5.11 Å². The van der Waals surface area contributed by atoms with E-state index in [1.165, 1.54) is 24.0 Å². The lowest BCUT2D eigenvalue weighted by Crippen LogP contribution is -2.17. The monoisotopic (exact) mass is 270 g/mol. The number of para-hydroxylation sites is 1. The van der Waals surface area contributed by atoms with Crippen LogP contribution in [-0.4, -0.2) is 5.11 Å². The second kappa shape index (κ2) is 7.74. The van der Waals surface area contributed by atoms with Crippen LogP contribution in [0.5, 0.6) is 5.75 Å². The fourth-order valence-electron chi connectivity index (χ4n) is 2.52. The minimum Gasteiger partial charge on any atom is -0.508 e. The second-order valence-electron chi connectivity index (χ2n) is 5.78. The lowest BCUT2D eigenvalue weighted by Gasteiger charge is -2.26. The van der Waals surface area contributed by atoms with Crippen LogP contribution in [0.25, 0.3) is 0 Å². The van der Waals surface area contributed by atoms with Gasteiger partial charge in [-0.2, -0.15) is 0 Å². The highest BCUT2D eigenvalue weighted by Crippen LogP contribution is 2.30. The average Bonchev–Trinajstić information content (AvgIpc) is 2.40. The minimum atomic E-state index is 0.322. The molecule has 1 N–H and O–H groups in total. The molecule has 1 nitrogen and oxygen atoms in total. The zero-order valence-corrected chi connectivity index (χ0v) is 13.1. The molecule has 108 valence electrons. The van der Waals surface area contributed by atoms with E-state index in [0.717, 1.165) is 0 Å². The number of benzene rings is 2. The van der Waals surface area contributed by atoms with E-state index in [4.69, 9.17) is 5.11 Å². The van der Waals surface area contributed by atoms with Crippen LogP contribution >= 0.6 is 0 Å². The molecule has 0 spiro atoms. The summed E-state index contributed by atoms with van der Waals surface area (Å²) in [4.78, 5) is 0. The van der Waals surface area contributed by atoms with Gasteiger partial charge in [0.1, 0.15) is 5.75 Å². The van der Waals surface area contributed by atoms with Crippen molar-refractivity contribution in [1.29, 1.82) is 0 Å². The minimum absolute atomic E-state index is 0.322. The summed E-state index contributed by atoms with van der Waals surface area (Å²) in [6, 6.07) is 17.4. The van der Waals surface area contributed by atoms with Crippen LogP contribution < -0.4 is 0 Å². The number of phenolic OH excluding ortho intramolecular Hbond substituents is 1. The van der Waals surface area contributed by atoms with E-state index in [2.05, 4.69) is 52.0 Å². The summed E-state index contributed by atoms with van der Waals surface area (Å²) >= 11 is 0. The molecule has 0 amide bonds. The predicted octanol–water partition coefficient (Wildman–Crippen LogP) is 5.46. The molecule has 0 bridgehead atoms. The van der Waals surface area contributed by atoms with Crippen molar-refractivity contribution in [3.8, 4) is 5.75 Å². The summed E-state index contributed by atoms with van der Waals surface area (Å²) in [6.45, 7) is 9.12. The van der Waals surface area contributed by atoms with Gasteiger partial charge in [0.15, 0.2) is 0 Å². The van der Waals surface area contributed by atoms with E-state index in [1.807, 2.05) is 6.07 Å². The summed E-state index contributed by atoms with van der Waals surface area (Å²) < 4.78 is 0. The van der Waals surface area contributed by atoms with Crippen LogP contribution in [0.4, 0.5) is 0 Å². The Morgan fingerprint density at radius 1 is 0.900 bits per heavy atom. The second-order valence-corrected chi connectivity index (χ2v) is 5.78. The van der Waals surface area contributed by atoms with Crippen LogP contribution in [0, 0.1) is 6.92 Å². The Morgan fingerprint density at radius 3 is 1.90 bits per heavy atom. The number of aryl methyl sites for hydroxylation is 1. The van der Waals surface area contributed by atoms with E-state index in [-0.39, 0.29) is 0 Å². The van der Waals surface area contributed by atoms with Gasteiger partial charge in [0, 0.05) is 0 Å². The molecule has 0 atom stereocenters. The van der Waals surface area contributed by atoms with Crippen molar-refractivity contribution in [2.24, 2.45) is 0 Å². The third-order valence-electron chi connectivity index (χ3n) is 3.51. The summed E-state index contributed by atoms with van der Waals surface area (Å²) in [6.07, 6.45) is 2.51. The lowest BCUT2D eigenvalue weighted by atomic mass is 9.79. The molecule has 0 aromatic heterocycles. The number of hydrogen-bond acceptors (Lipinski definition) is 1. The molecule has 20 heavy (non-hydrogen) atoms. The van der Waals surface area contributed by atoms with Gasteiger partial charge < -0.3 is 5.11 Å². The normalized spacial score (nSPS) is 10.6. The Labute approximate surface area is 123 Å². The summed E-state index contributed by atoms with van der Waals surface area (Å²) in [5.74, 6) is 0.322. The maximum Gasteiger partial charge on any atom is 0.115 e. The van der Waals surface area contributed by atoms with E-state index >= 15 is 0 Å². The molecule has 0 aliphatic heterocycles. The Morgan fingerprint density at radius 2 is 1.45 bits per heavy atom. The van der Waals surface area contributed by atoms with Crippen LogP contribution in [0.1, 0.15) is 44.7 Å². The molecule has 1 heteroatoms. The molecule has 0 saturated carbocycles. The van der Waals surface area contributed by atoms with Crippen molar-refractivity contribution in [2.75, 3.05) is 0 Å². The number of phenols is 1. The summed E-state index contributed by atoms with van der Waals surface area (Å²) in [5, 5.41) is 8.63. The zero-order chi connectivity index (χ0) is 15.0. The third kappa shape index (κ3) is 5.08. The molecule has 2 aromatic rings. The molecule has 0 unspecified atom stereocenters. The highest BCUT2D eigenvalue weighted by molar-refractivity contribution is 5.32. The van der Waals surface area contributed by atoms with Crippen molar-refractivity contribution in [1.82, 2.24) is 0 Å². The largest absolute Gasteiger partial charge is 0.508 e. The number of aromatic hydroxyl groups is 1. The van der Waals surface area contributed by atoms with Crippen LogP contribution in [0.2, 0.25) is 0 Å². The van der Waals surface area contributed by atoms with E-state index < -0.39 is 0 Å². The topological polar surface area (TPSA) is 20.2 Å². The molecule has 2 rings (SSSR count). The third-order valence-corrected chi connectivity index (χ3v) is 3.51. The van der Waals surface area contributed by atoms with Gasteiger partial charge in [0.05, 0.1) is 0 Å². The van der Waals surface area contributed by atoms with Gasteiger partial charge in [-0.1, -0.05) is 69.7 Å². The summed E-state index contributed by atoms with van der Waals surface area (Å²) in [7, 11) is 0. The van der Waals surface area contributed by atoms with Crippen molar-refractivity contribution in [3.05, 3.63) is 65.7 Å². The first-order chi connectivity index (χ1) is 9.47. The van der Waals surface area contributed by atoms with Gasteiger partial charge in [0.25, 0.3) is 0 Å². The fourth-order valence-corrected chi connectivity index (χ4v) is 2.52. The molecule has 0 radical (unpaired) electrons. The Bertz CT molecular complexity index is 500. The molecule has 0 aliphatic carbocycles. The maximum atomic E-state index is 8.63. The molecular weight excluding hydrogens is 244 g/mol. The first-order valence-corrected chi connectivity index (χ1v) is 7.27.